The van der Waals surface area contributed by atoms with Gasteiger partial charge >= 0.3 is 0 Å². The molecule has 1 amide bonds. The van der Waals surface area contributed by atoms with E-state index < -0.39 is 11.4 Å². The molecule has 1 aromatic rings. The van der Waals surface area contributed by atoms with Crippen molar-refractivity contribution in [1.29, 1.82) is 5.26 Å². The van der Waals surface area contributed by atoms with Crippen molar-refractivity contribution in [3.63, 3.8) is 0 Å². The summed E-state index contributed by atoms with van der Waals surface area (Å²) >= 11 is 0. The van der Waals surface area contributed by atoms with E-state index in [1.165, 1.54) is 0 Å². The minimum Gasteiger partial charge on any atom is -0.483 e. The van der Waals surface area contributed by atoms with Crippen LogP contribution < -0.4 is 10.1 Å². The fourth-order valence-corrected chi connectivity index (χ4v) is 1.48. The number of nitriles is 1. The lowest BCUT2D eigenvalue weighted by Gasteiger charge is -2.27. The molecular weight excluding hydrogens is 256 g/mol. The van der Waals surface area contributed by atoms with Crippen molar-refractivity contribution in [2.75, 3.05) is 6.61 Å². The fraction of sp³-hybridized carbons (Fsp3) is 0.400. The lowest BCUT2D eigenvalue weighted by Crippen LogP contribution is -2.50. The quantitative estimate of drug-likeness (QED) is 0.804. The third-order valence-corrected chi connectivity index (χ3v) is 3.19. The summed E-state index contributed by atoms with van der Waals surface area (Å²) in [5.41, 5.74) is -0.558. The summed E-state index contributed by atoms with van der Waals surface area (Å²) in [6.07, 6.45) is 0.667. The van der Waals surface area contributed by atoms with Gasteiger partial charge in [0, 0.05) is 0 Å². The Labute approximate surface area is 118 Å². The van der Waals surface area contributed by atoms with Gasteiger partial charge in [0.15, 0.2) is 12.9 Å². The molecule has 1 atom stereocenters. The minimum atomic E-state index is -0.940. The zero-order valence-electron chi connectivity index (χ0n) is 11.8. The highest BCUT2D eigenvalue weighted by Crippen LogP contribution is 2.17. The molecule has 1 N–H and O–H groups in total. The van der Waals surface area contributed by atoms with Crippen LogP contribution in [-0.2, 0) is 4.79 Å². The van der Waals surface area contributed by atoms with E-state index in [1.807, 2.05) is 13.8 Å². The number of para-hydroxylation sites is 1. The van der Waals surface area contributed by atoms with E-state index in [0.29, 0.717) is 17.6 Å². The molecule has 0 heterocycles. The Hall–Kier alpha value is -2.35. The van der Waals surface area contributed by atoms with Crippen molar-refractivity contribution in [3.8, 4) is 11.8 Å². The van der Waals surface area contributed by atoms with Gasteiger partial charge < -0.3 is 10.1 Å². The van der Waals surface area contributed by atoms with E-state index in [0.717, 1.165) is 0 Å². The van der Waals surface area contributed by atoms with Crippen LogP contribution in [0.4, 0.5) is 0 Å². The van der Waals surface area contributed by atoms with E-state index in [9.17, 15) is 9.59 Å². The average Bonchev–Trinajstić information content (AvgIpc) is 2.45. The zero-order valence-corrected chi connectivity index (χ0v) is 11.8. The standard InChI is InChI=1S/C15H18N2O3/c1-11(2)15(3,10-16)17-14(19)9-20-13-7-5-4-6-12(13)8-18/h4-8,11H,9H2,1-3H3,(H,17,19)/t15-/m1/s1. The molecule has 0 spiro atoms. The SMILES string of the molecule is CC(C)[C@@](C)(C#N)NC(=O)COc1ccccc1C=O. The smallest absolute Gasteiger partial charge is 0.259 e. The molecule has 0 unspecified atom stereocenters. The summed E-state index contributed by atoms with van der Waals surface area (Å²) in [5.74, 6) is -0.0805. The van der Waals surface area contributed by atoms with Gasteiger partial charge in [-0.3, -0.25) is 9.59 Å². The number of amides is 1. The molecule has 0 aromatic heterocycles. The Morgan fingerprint density at radius 1 is 1.50 bits per heavy atom. The summed E-state index contributed by atoms with van der Waals surface area (Å²) in [4.78, 5) is 22.6. The monoisotopic (exact) mass is 274 g/mol. The lowest BCUT2D eigenvalue weighted by atomic mass is 9.90. The van der Waals surface area contributed by atoms with Crippen LogP contribution >= 0.6 is 0 Å². The molecule has 20 heavy (non-hydrogen) atoms. The van der Waals surface area contributed by atoms with E-state index in [-0.39, 0.29) is 12.5 Å². The van der Waals surface area contributed by atoms with Crippen LogP contribution in [0.3, 0.4) is 0 Å². The average molecular weight is 274 g/mol. The number of carbonyl (C=O) groups excluding carboxylic acids is 2. The number of carbonyl (C=O) groups is 2. The molecule has 0 saturated heterocycles. The van der Waals surface area contributed by atoms with Crippen molar-refractivity contribution < 1.29 is 14.3 Å². The first-order valence-corrected chi connectivity index (χ1v) is 6.32. The van der Waals surface area contributed by atoms with Gasteiger partial charge in [0.25, 0.3) is 5.91 Å². The van der Waals surface area contributed by atoms with Crippen molar-refractivity contribution in [2.24, 2.45) is 5.92 Å². The highest BCUT2D eigenvalue weighted by Gasteiger charge is 2.30. The largest absolute Gasteiger partial charge is 0.483 e. The van der Waals surface area contributed by atoms with Crippen molar-refractivity contribution in [2.45, 2.75) is 26.3 Å². The van der Waals surface area contributed by atoms with Gasteiger partial charge in [-0.1, -0.05) is 26.0 Å². The van der Waals surface area contributed by atoms with Gasteiger partial charge in [-0.2, -0.15) is 5.26 Å². The van der Waals surface area contributed by atoms with Gasteiger partial charge in [0.2, 0.25) is 0 Å². The normalized spacial score (nSPS) is 13.2. The molecule has 0 saturated carbocycles. The summed E-state index contributed by atoms with van der Waals surface area (Å²) in [7, 11) is 0. The van der Waals surface area contributed by atoms with Gasteiger partial charge in [-0.25, -0.2) is 0 Å². The molecular formula is C15H18N2O3. The number of ether oxygens (including phenoxy) is 1. The second-order valence-corrected chi connectivity index (χ2v) is 4.96. The number of aldehydes is 1. The van der Waals surface area contributed by atoms with Crippen molar-refractivity contribution in [3.05, 3.63) is 29.8 Å². The first kappa shape index (κ1) is 15.7. The van der Waals surface area contributed by atoms with Crippen molar-refractivity contribution in [1.82, 2.24) is 5.32 Å². The topological polar surface area (TPSA) is 79.2 Å². The zero-order chi connectivity index (χ0) is 15.2. The maximum atomic E-state index is 11.8. The van der Waals surface area contributed by atoms with E-state index >= 15 is 0 Å². The maximum Gasteiger partial charge on any atom is 0.259 e. The molecule has 1 rings (SSSR count). The van der Waals surface area contributed by atoms with Gasteiger partial charge in [0.1, 0.15) is 11.3 Å². The highest BCUT2D eigenvalue weighted by molar-refractivity contribution is 5.81. The Bertz CT molecular complexity index is 534. The number of benzene rings is 1. The summed E-state index contributed by atoms with van der Waals surface area (Å²) < 4.78 is 5.31. The predicted octanol–water partition coefficient (Wildman–Crippen LogP) is 1.93. The minimum absolute atomic E-state index is 0.0290. The first-order chi connectivity index (χ1) is 9.42. The Morgan fingerprint density at radius 2 is 2.15 bits per heavy atom. The van der Waals surface area contributed by atoms with Crippen LogP contribution in [0.1, 0.15) is 31.1 Å². The Kier molecular flexibility index (Phi) is 5.27. The van der Waals surface area contributed by atoms with E-state index in [4.69, 9.17) is 10.00 Å². The number of nitrogens with zero attached hydrogens (tertiary/aromatic N) is 1. The molecule has 106 valence electrons. The molecule has 0 radical (unpaired) electrons. The van der Waals surface area contributed by atoms with Gasteiger partial charge in [0.05, 0.1) is 11.6 Å². The Balaban J connectivity index is 2.65. The summed E-state index contributed by atoms with van der Waals surface area (Å²) in [6, 6.07) is 8.73. The number of nitrogens with one attached hydrogen (secondary N) is 1. The molecule has 0 aliphatic heterocycles. The molecule has 0 bridgehead atoms. The van der Waals surface area contributed by atoms with Crippen LogP contribution in [0, 0.1) is 17.2 Å². The molecule has 1 aromatic carbocycles. The molecule has 0 aliphatic carbocycles. The third-order valence-electron chi connectivity index (χ3n) is 3.19. The molecule has 5 nitrogen and oxygen atoms in total. The van der Waals surface area contributed by atoms with E-state index in [2.05, 4.69) is 11.4 Å². The third kappa shape index (κ3) is 3.82. The number of hydrogen-bond acceptors (Lipinski definition) is 4. The number of rotatable bonds is 6. The number of hydrogen-bond donors (Lipinski definition) is 1. The van der Waals surface area contributed by atoms with Crippen LogP contribution in [0.15, 0.2) is 24.3 Å². The molecule has 5 heteroatoms. The lowest BCUT2D eigenvalue weighted by molar-refractivity contribution is -0.124. The van der Waals surface area contributed by atoms with Crippen LogP contribution in [-0.4, -0.2) is 24.3 Å². The second kappa shape index (κ2) is 6.71. The van der Waals surface area contributed by atoms with Gasteiger partial charge in [-0.05, 0) is 25.0 Å². The fourth-order valence-electron chi connectivity index (χ4n) is 1.48. The van der Waals surface area contributed by atoms with Crippen LogP contribution in [0.5, 0.6) is 5.75 Å². The van der Waals surface area contributed by atoms with Crippen molar-refractivity contribution >= 4 is 12.2 Å². The molecule has 0 aliphatic rings. The summed E-state index contributed by atoms with van der Waals surface area (Å²) in [6.45, 7) is 5.13. The predicted molar refractivity (Wildman–Crippen MR) is 74.3 cm³/mol. The van der Waals surface area contributed by atoms with Crippen LogP contribution in [0.25, 0.3) is 0 Å². The van der Waals surface area contributed by atoms with E-state index in [1.54, 1.807) is 31.2 Å². The first-order valence-electron chi connectivity index (χ1n) is 6.32. The molecule has 0 fully saturated rings. The second-order valence-electron chi connectivity index (χ2n) is 4.96. The Morgan fingerprint density at radius 3 is 2.70 bits per heavy atom. The van der Waals surface area contributed by atoms with Crippen LogP contribution in [0.2, 0.25) is 0 Å². The highest BCUT2D eigenvalue weighted by atomic mass is 16.5. The maximum absolute atomic E-state index is 11.8. The van der Waals surface area contributed by atoms with Gasteiger partial charge in [-0.15, -0.1) is 0 Å². The summed E-state index contributed by atoms with van der Waals surface area (Å²) in [5, 5.41) is 11.8.